The summed E-state index contributed by atoms with van der Waals surface area (Å²) in [5.41, 5.74) is 0.306. The van der Waals surface area contributed by atoms with Gasteiger partial charge in [0, 0.05) is 36.8 Å². The van der Waals surface area contributed by atoms with Crippen molar-refractivity contribution >= 4 is 34.4 Å². The maximum absolute atomic E-state index is 14.4. The normalized spacial score (nSPS) is 17.3. The number of amides is 3. The van der Waals surface area contributed by atoms with Gasteiger partial charge in [-0.25, -0.2) is 18.4 Å². The molecular formula is C24H29F2N5O5S. The molecule has 1 aliphatic carbocycles. The summed E-state index contributed by atoms with van der Waals surface area (Å²) >= 11 is 0.814. The van der Waals surface area contributed by atoms with Gasteiger partial charge >= 0.3 is 12.0 Å². The van der Waals surface area contributed by atoms with Crippen LogP contribution in [0.4, 0.5) is 18.6 Å². The molecule has 1 aromatic carbocycles. The number of rotatable bonds is 11. The smallest absolute Gasteiger partial charge is 0.346 e. The number of anilines is 1. The molecule has 1 atom stereocenters. The van der Waals surface area contributed by atoms with Crippen molar-refractivity contribution in [3.8, 4) is 5.88 Å². The second-order valence-electron chi connectivity index (χ2n) is 8.95. The molecule has 3 amide bonds. The van der Waals surface area contributed by atoms with Gasteiger partial charge in [-0.3, -0.25) is 10.1 Å². The fourth-order valence-electron chi connectivity index (χ4n) is 3.85. The highest BCUT2D eigenvalue weighted by molar-refractivity contribution is 7.11. The van der Waals surface area contributed by atoms with Crippen LogP contribution in [0.15, 0.2) is 18.2 Å². The zero-order valence-corrected chi connectivity index (χ0v) is 21.2. The summed E-state index contributed by atoms with van der Waals surface area (Å²) in [6.45, 7) is 1.86. The summed E-state index contributed by atoms with van der Waals surface area (Å²) in [7, 11) is 1.18. The number of aromatic nitrogens is 1. The Labute approximate surface area is 216 Å². The summed E-state index contributed by atoms with van der Waals surface area (Å²) in [6.07, 6.45) is 2.24. The monoisotopic (exact) mass is 537 g/mol. The third-order valence-corrected chi connectivity index (χ3v) is 6.76. The minimum atomic E-state index is -0.789. The number of urea groups is 1. The molecule has 10 nitrogen and oxygen atoms in total. The quantitative estimate of drug-likeness (QED) is 0.297. The van der Waals surface area contributed by atoms with E-state index in [2.05, 4.69) is 20.3 Å². The Bertz CT molecular complexity index is 1140. The van der Waals surface area contributed by atoms with Crippen LogP contribution in [0.2, 0.25) is 0 Å². The van der Waals surface area contributed by atoms with Gasteiger partial charge in [0.2, 0.25) is 5.88 Å². The average molecular weight is 538 g/mol. The van der Waals surface area contributed by atoms with Crippen LogP contribution in [0.5, 0.6) is 5.88 Å². The minimum Gasteiger partial charge on any atom is -0.471 e. The van der Waals surface area contributed by atoms with Crippen molar-refractivity contribution in [1.82, 2.24) is 19.9 Å². The molecule has 37 heavy (non-hydrogen) atoms. The van der Waals surface area contributed by atoms with Crippen molar-refractivity contribution in [3.05, 3.63) is 40.7 Å². The fourth-order valence-corrected chi connectivity index (χ4v) is 4.57. The van der Waals surface area contributed by atoms with Crippen LogP contribution in [0.3, 0.4) is 0 Å². The second kappa shape index (κ2) is 12.3. The molecule has 0 bridgehead atoms. The number of hydrogen-bond acceptors (Lipinski definition) is 8. The van der Waals surface area contributed by atoms with E-state index in [1.807, 2.05) is 4.90 Å². The molecule has 0 radical (unpaired) electrons. The number of nitrogens with zero attached hydrogens (tertiary/aromatic N) is 2. The third-order valence-electron chi connectivity index (χ3n) is 6.01. The Kier molecular flexibility index (Phi) is 8.87. The third kappa shape index (κ3) is 7.35. The number of carbonyl (C=O) groups excluding carboxylic acids is 3. The number of carbonyl (C=O) groups is 3. The molecule has 3 N–H and O–H groups in total. The molecule has 2 aliphatic rings. The molecular weight excluding hydrogens is 508 g/mol. The van der Waals surface area contributed by atoms with Gasteiger partial charge in [0.05, 0.1) is 7.11 Å². The van der Waals surface area contributed by atoms with Crippen LogP contribution < -0.4 is 20.7 Å². The van der Waals surface area contributed by atoms with Crippen molar-refractivity contribution < 1.29 is 32.6 Å². The number of hydrogen-bond donors (Lipinski definition) is 3. The Morgan fingerprint density at radius 2 is 2.05 bits per heavy atom. The number of likely N-dealkylation sites (tertiary alicyclic amines) is 1. The van der Waals surface area contributed by atoms with Crippen LogP contribution in [-0.2, 0) is 11.3 Å². The van der Waals surface area contributed by atoms with Crippen molar-refractivity contribution in [2.75, 3.05) is 38.6 Å². The highest BCUT2D eigenvalue weighted by Crippen LogP contribution is 2.32. The molecule has 1 saturated carbocycles. The molecule has 0 spiro atoms. The Morgan fingerprint density at radius 1 is 1.24 bits per heavy atom. The van der Waals surface area contributed by atoms with E-state index in [4.69, 9.17) is 9.47 Å². The number of halogens is 2. The molecule has 1 aliphatic heterocycles. The number of nitrogens with one attached hydrogen (secondary N) is 3. The maximum Gasteiger partial charge on any atom is 0.346 e. The molecule has 200 valence electrons. The van der Waals surface area contributed by atoms with Crippen LogP contribution >= 0.6 is 11.5 Å². The largest absolute Gasteiger partial charge is 0.471 e. The molecule has 2 heterocycles. The van der Waals surface area contributed by atoms with Crippen LogP contribution in [-0.4, -0.2) is 72.7 Å². The van der Waals surface area contributed by atoms with E-state index in [1.54, 1.807) is 0 Å². The van der Waals surface area contributed by atoms with E-state index in [0.29, 0.717) is 44.6 Å². The summed E-state index contributed by atoms with van der Waals surface area (Å²) in [4.78, 5) is 39.0. The molecule has 13 heteroatoms. The molecule has 1 saturated heterocycles. The molecule has 4 rings (SSSR count). The highest BCUT2D eigenvalue weighted by atomic mass is 32.1. The van der Waals surface area contributed by atoms with Gasteiger partial charge in [-0.05, 0) is 62.0 Å². The first kappa shape index (κ1) is 26.7. The number of benzene rings is 1. The van der Waals surface area contributed by atoms with Gasteiger partial charge < -0.3 is 25.0 Å². The van der Waals surface area contributed by atoms with Crippen LogP contribution in [0.25, 0.3) is 0 Å². The first-order valence-electron chi connectivity index (χ1n) is 12.1. The molecule has 2 aromatic rings. The number of methoxy groups -OCH3 is 1. The van der Waals surface area contributed by atoms with E-state index in [9.17, 15) is 23.2 Å². The van der Waals surface area contributed by atoms with Crippen molar-refractivity contribution in [1.29, 1.82) is 0 Å². The van der Waals surface area contributed by atoms with Crippen molar-refractivity contribution in [2.24, 2.45) is 0 Å². The lowest BCUT2D eigenvalue weighted by Gasteiger charge is -2.14. The topological polar surface area (TPSA) is 122 Å². The fraction of sp³-hybridized carbons (Fsp3) is 0.500. The minimum absolute atomic E-state index is 0.100. The molecule has 2 fully saturated rings. The zero-order chi connectivity index (χ0) is 26.4. The van der Waals surface area contributed by atoms with E-state index >= 15 is 0 Å². The molecule has 0 unspecified atom stereocenters. The van der Waals surface area contributed by atoms with Gasteiger partial charge in [0.15, 0.2) is 5.56 Å². The lowest BCUT2D eigenvalue weighted by atomic mass is 10.1. The number of esters is 1. The summed E-state index contributed by atoms with van der Waals surface area (Å²) < 4.78 is 42.1. The summed E-state index contributed by atoms with van der Waals surface area (Å²) in [5, 5.41) is 8.20. The van der Waals surface area contributed by atoms with Gasteiger partial charge in [0.25, 0.3) is 5.91 Å². The van der Waals surface area contributed by atoms with E-state index < -0.39 is 24.0 Å². The second-order valence-corrected chi connectivity index (χ2v) is 9.72. The Hall–Kier alpha value is -3.32. The standard InChI is InChI=1S/C24H29F2N5O5S/c1-35-23(33)19-21(36-13-15-11-14(3-6-18(15)26)20(32)28-17-4-5-17)30-37-22(19)29-24(34)27-8-2-9-31-10-7-16(25)12-31/h3,6,11,16-17H,2,4-5,7-10,12-13H2,1H3,(H,28,32)(H2,27,29,34)/t16-/m1/s1. The van der Waals surface area contributed by atoms with Crippen molar-refractivity contribution in [3.63, 3.8) is 0 Å². The zero-order valence-electron chi connectivity index (χ0n) is 20.4. The van der Waals surface area contributed by atoms with Crippen LogP contribution in [0, 0.1) is 5.82 Å². The Balaban J connectivity index is 1.34. The van der Waals surface area contributed by atoms with Crippen molar-refractivity contribution in [2.45, 2.75) is 44.5 Å². The molecule has 1 aromatic heterocycles. The lowest BCUT2D eigenvalue weighted by Crippen LogP contribution is -2.32. The van der Waals surface area contributed by atoms with E-state index in [0.717, 1.165) is 24.4 Å². The van der Waals surface area contributed by atoms with Crippen LogP contribution in [0.1, 0.15) is 52.0 Å². The summed E-state index contributed by atoms with van der Waals surface area (Å²) in [5.74, 6) is -1.79. The van der Waals surface area contributed by atoms with Gasteiger partial charge in [-0.1, -0.05) is 0 Å². The van der Waals surface area contributed by atoms with E-state index in [-0.39, 0.29) is 40.6 Å². The van der Waals surface area contributed by atoms with Gasteiger partial charge in [0.1, 0.15) is 23.6 Å². The summed E-state index contributed by atoms with van der Waals surface area (Å²) in [6, 6.07) is 3.57. The number of alkyl halides is 1. The van der Waals surface area contributed by atoms with Gasteiger partial charge in [-0.15, -0.1) is 0 Å². The van der Waals surface area contributed by atoms with E-state index in [1.165, 1.54) is 25.3 Å². The average Bonchev–Trinajstić information content (AvgIpc) is 3.46. The lowest BCUT2D eigenvalue weighted by molar-refractivity contribution is 0.0596. The Morgan fingerprint density at radius 3 is 2.76 bits per heavy atom. The first-order valence-corrected chi connectivity index (χ1v) is 12.8. The predicted molar refractivity (Wildman–Crippen MR) is 132 cm³/mol. The maximum atomic E-state index is 14.4. The van der Waals surface area contributed by atoms with Gasteiger partial charge in [-0.2, -0.15) is 4.37 Å². The SMILES string of the molecule is COC(=O)c1c(OCc2cc(C(=O)NC3CC3)ccc2F)nsc1NC(=O)NCCCN1CC[C@@H](F)C1. The highest BCUT2D eigenvalue weighted by Gasteiger charge is 2.26. The predicted octanol–water partition coefficient (Wildman–Crippen LogP) is 3.10. The number of ether oxygens (including phenoxy) is 2. The first-order chi connectivity index (χ1) is 17.8.